The minimum absolute atomic E-state index is 0.0779. The lowest BCUT2D eigenvalue weighted by atomic mass is 10.2. The maximum Gasteiger partial charge on any atom is 0.322 e. The Balaban J connectivity index is 1.93. The third-order valence-corrected chi connectivity index (χ3v) is 2.55. The van der Waals surface area contributed by atoms with E-state index < -0.39 is 18.0 Å². The minimum Gasteiger partial charge on any atom is -0.326 e. The summed E-state index contributed by atoms with van der Waals surface area (Å²) in [5.41, 5.74) is 1.70. The minimum atomic E-state index is -0.790. The quantitative estimate of drug-likeness (QED) is 0.681. The highest BCUT2D eigenvalue weighted by molar-refractivity contribution is 6.06. The van der Waals surface area contributed by atoms with E-state index in [4.69, 9.17) is 0 Å². The molecule has 0 saturated carbocycles. The van der Waals surface area contributed by atoms with Gasteiger partial charge in [0.2, 0.25) is 5.91 Å². The van der Waals surface area contributed by atoms with Gasteiger partial charge < -0.3 is 10.6 Å². The zero-order valence-electron chi connectivity index (χ0n) is 9.82. The van der Waals surface area contributed by atoms with Gasteiger partial charge in [-0.25, -0.2) is 4.79 Å². The van der Waals surface area contributed by atoms with E-state index in [0.29, 0.717) is 5.69 Å². The Morgan fingerprint density at radius 2 is 2.17 bits per heavy atom. The summed E-state index contributed by atoms with van der Waals surface area (Å²) in [7, 11) is 0. The Kier molecular flexibility index (Phi) is 3.27. The molecule has 1 aromatic carbocycles. The highest BCUT2D eigenvalue weighted by Gasteiger charge is 2.31. The van der Waals surface area contributed by atoms with E-state index in [2.05, 4.69) is 16.0 Å². The fraction of sp³-hybridized carbons (Fsp3) is 0.250. The molecule has 1 atom stereocenters. The van der Waals surface area contributed by atoms with E-state index in [1.54, 1.807) is 6.07 Å². The molecule has 0 radical (unpaired) electrons. The molecule has 0 aliphatic carbocycles. The molecule has 0 bridgehead atoms. The van der Waals surface area contributed by atoms with Gasteiger partial charge in [-0.15, -0.1) is 0 Å². The number of aryl methyl sites for hydroxylation is 1. The maximum atomic E-state index is 11.7. The molecule has 94 valence electrons. The average Bonchev–Trinajstić information content (AvgIpc) is 2.57. The predicted octanol–water partition coefficient (Wildman–Crippen LogP) is 0.532. The van der Waals surface area contributed by atoms with Crippen LogP contribution in [-0.2, 0) is 9.59 Å². The number of benzene rings is 1. The van der Waals surface area contributed by atoms with E-state index in [0.717, 1.165) is 5.56 Å². The molecule has 18 heavy (non-hydrogen) atoms. The van der Waals surface area contributed by atoms with Crippen LogP contribution in [-0.4, -0.2) is 23.9 Å². The summed E-state index contributed by atoms with van der Waals surface area (Å²) in [5.74, 6) is -0.789. The molecular formula is C12H13N3O3. The third-order valence-electron chi connectivity index (χ3n) is 2.55. The number of amides is 4. The molecule has 2 rings (SSSR count). The van der Waals surface area contributed by atoms with Crippen LogP contribution in [0.3, 0.4) is 0 Å². The zero-order valence-corrected chi connectivity index (χ0v) is 9.82. The number of rotatable bonds is 3. The molecule has 1 aliphatic heterocycles. The first-order valence-electron chi connectivity index (χ1n) is 5.52. The van der Waals surface area contributed by atoms with Crippen LogP contribution in [0.2, 0.25) is 0 Å². The third kappa shape index (κ3) is 2.85. The molecular weight excluding hydrogens is 234 g/mol. The Morgan fingerprint density at radius 3 is 2.78 bits per heavy atom. The molecule has 0 spiro atoms. The van der Waals surface area contributed by atoms with Gasteiger partial charge in [-0.3, -0.25) is 14.9 Å². The van der Waals surface area contributed by atoms with Gasteiger partial charge >= 0.3 is 6.03 Å². The molecule has 4 amide bonds. The normalized spacial score (nSPS) is 18.2. The van der Waals surface area contributed by atoms with Crippen molar-refractivity contribution in [2.75, 3.05) is 5.32 Å². The fourth-order valence-electron chi connectivity index (χ4n) is 1.72. The lowest BCUT2D eigenvalue weighted by Crippen LogP contribution is -2.33. The largest absolute Gasteiger partial charge is 0.326 e. The van der Waals surface area contributed by atoms with Crippen molar-refractivity contribution in [2.24, 2.45) is 0 Å². The first-order valence-corrected chi connectivity index (χ1v) is 5.52. The van der Waals surface area contributed by atoms with Crippen molar-refractivity contribution in [3.63, 3.8) is 0 Å². The first kappa shape index (κ1) is 12.1. The van der Waals surface area contributed by atoms with Gasteiger partial charge in [-0.1, -0.05) is 12.1 Å². The Labute approximate surface area is 104 Å². The van der Waals surface area contributed by atoms with Gasteiger partial charge in [-0.05, 0) is 24.6 Å². The van der Waals surface area contributed by atoms with Crippen LogP contribution < -0.4 is 16.0 Å². The second kappa shape index (κ2) is 4.87. The van der Waals surface area contributed by atoms with Gasteiger partial charge in [0.05, 0.1) is 6.42 Å². The standard InChI is InChI=1S/C12H13N3O3/c1-7-3-2-4-8(5-7)13-10(16)6-9-11(17)15-12(18)14-9/h2-5,9H,6H2,1H3,(H,13,16)(H2,14,15,17,18). The van der Waals surface area contributed by atoms with E-state index in [-0.39, 0.29) is 12.3 Å². The number of hydrogen-bond donors (Lipinski definition) is 3. The smallest absolute Gasteiger partial charge is 0.322 e. The summed E-state index contributed by atoms with van der Waals surface area (Å²) < 4.78 is 0. The molecule has 6 heteroatoms. The summed E-state index contributed by atoms with van der Waals surface area (Å²) in [4.78, 5) is 33.8. The van der Waals surface area contributed by atoms with Crippen LogP contribution >= 0.6 is 0 Å². The highest BCUT2D eigenvalue weighted by atomic mass is 16.2. The lowest BCUT2D eigenvalue weighted by Gasteiger charge is -2.08. The molecule has 1 fully saturated rings. The van der Waals surface area contributed by atoms with Crippen LogP contribution in [0.5, 0.6) is 0 Å². The fourth-order valence-corrected chi connectivity index (χ4v) is 1.72. The van der Waals surface area contributed by atoms with Gasteiger partial charge in [0.1, 0.15) is 6.04 Å². The van der Waals surface area contributed by atoms with Crippen LogP contribution in [0.1, 0.15) is 12.0 Å². The molecule has 3 N–H and O–H groups in total. The summed E-state index contributed by atoms with van der Waals surface area (Å²) in [6.07, 6.45) is -0.0779. The van der Waals surface area contributed by atoms with Crippen LogP contribution in [0.4, 0.5) is 10.5 Å². The van der Waals surface area contributed by atoms with Crippen molar-refractivity contribution < 1.29 is 14.4 Å². The molecule has 0 aromatic heterocycles. The van der Waals surface area contributed by atoms with E-state index in [1.165, 1.54) is 0 Å². The first-order chi connectivity index (χ1) is 8.54. The molecule has 1 unspecified atom stereocenters. The SMILES string of the molecule is Cc1cccc(NC(=O)CC2NC(=O)NC2=O)c1. The van der Waals surface area contributed by atoms with E-state index in [1.807, 2.05) is 25.1 Å². The van der Waals surface area contributed by atoms with Gasteiger partial charge in [0.25, 0.3) is 5.91 Å². The second-order valence-electron chi connectivity index (χ2n) is 4.14. The molecule has 1 heterocycles. The highest BCUT2D eigenvalue weighted by Crippen LogP contribution is 2.10. The molecule has 6 nitrogen and oxygen atoms in total. The number of urea groups is 1. The summed E-state index contributed by atoms with van der Waals surface area (Å²) in [6, 6.07) is 5.98. The Hall–Kier alpha value is -2.37. The summed E-state index contributed by atoms with van der Waals surface area (Å²) >= 11 is 0. The van der Waals surface area contributed by atoms with Crippen molar-refractivity contribution in [1.29, 1.82) is 0 Å². The number of nitrogens with one attached hydrogen (secondary N) is 3. The molecule has 1 saturated heterocycles. The number of imide groups is 1. The Morgan fingerprint density at radius 1 is 1.39 bits per heavy atom. The second-order valence-corrected chi connectivity index (χ2v) is 4.14. The van der Waals surface area contributed by atoms with Crippen LogP contribution in [0.25, 0.3) is 0 Å². The van der Waals surface area contributed by atoms with Crippen molar-refractivity contribution in [3.05, 3.63) is 29.8 Å². The van der Waals surface area contributed by atoms with Crippen LogP contribution in [0.15, 0.2) is 24.3 Å². The lowest BCUT2D eigenvalue weighted by molar-refractivity contribution is -0.124. The molecule has 1 aliphatic rings. The topological polar surface area (TPSA) is 87.3 Å². The maximum absolute atomic E-state index is 11.7. The number of hydrogen-bond acceptors (Lipinski definition) is 3. The summed E-state index contributed by atoms with van der Waals surface area (Å²) in [5, 5.41) is 7.12. The predicted molar refractivity (Wildman–Crippen MR) is 64.9 cm³/mol. The van der Waals surface area contributed by atoms with Gasteiger partial charge in [0, 0.05) is 5.69 Å². The van der Waals surface area contributed by atoms with Crippen molar-refractivity contribution >= 4 is 23.5 Å². The van der Waals surface area contributed by atoms with Crippen LogP contribution in [0, 0.1) is 6.92 Å². The van der Waals surface area contributed by atoms with E-state index in [9.17, 15) is 14.4 Å². The van der Waals surface area contributed by atoms with Crippen molar-refractivity contribution in [1.82, 2.24) is 10.6 Å². The monoisotopic (exact) mass is 247 g/mol. The molecule has 1 aromatic rings. The van der Waals surface area contributed by atoms with Crippen molar-refractivity contribution in [2.45, 2.75) is 19.4 Å². The number of carbonyl (C=O) groups excluding carboxylic acids is 3. The number of carbonyl (C=O) groups is 3. The summed E-state index contributed by atoms with van der Waals surface area (Å²) in [6.45, 7) is 1.92. The van der Waals surface area contributed by atoms with Crippen molar-refractivity contribution in [3.8, 4) is 0 Å². The van der Waals surface area contributed by atoms with Gasteiger partial charge in [0.15, 0.2) is 0 Å². The average molecular weight is 247 g/mol. The van der Waals surface area contributed by atoms with E-state index >= 15 is 0 Å². The Bertz CT molecular complexity index is 513. The number of anilines is 1. The van der Waals surface area contributed by atoms with Gasteiger partial charge in [-0.2, -0.15) is 0 Å². The zero-order chi connectivity index (χ0) is 13.1.